The summed E-state index contributed by atoms with van der Waals surface area (Å²) in [6, 6.07) is 12.7. The monoisotopic (exact) mass is 563 g/mol. The van der Waals surface area contributed by atoms with Crippen LogP contribution < -0.4 is 16.0 Å². The molecule has 2 rings (SSSR count). The van der Waals surface area contributed by atoms with Crippen LogP contribution in [0.1, 0.15) is 62.9 Å². The van der Waals surface area contributed by atoms with E-state index >= 15 is 0 Å². The van der Waals surface area contributed by atoms with Crippen LogP contribution in [0.15, 0.2) is 47.8 Å². The van der Waals surface area contributed by atoms with Crippen LogP contribution in [-0.4, -0.2) is 56.9 Å². The summed E-state index contributed by atoms with van der Waals surface area (Å²) in [5.41, 5.74) is 0.318. The quantitative estimate of drug-likeness (QED) is 0.192. The third kappa shape index (κ3) is 14.4. The predicted molar refractivity (Wildman–Crippen MR) is 150 cm³/mol. The number of rotatable bonds is 15. The molecule has 39 heavy (non-hydrogen) atoms. The third-order valence-corrected chi connectivity index (χ3v) is 6.37. The van der Waals surface area contributed by atoms with Gasteiger partial charge in [0.05, 0.1) is 18.7 Å². The molecular formula is C28H41N3O7S. The molecule has 1 heterocycles. The zero-order valence-electron chi connectivity index (χ0n) is 23.2. The van der Waals surface area contributed by atoms with Crippen molar-refractivity contribution in [3.8, 4) is 0 Å². The maximum Gasteiger partial charge on any atom is 0.407 e. The van der Waals surface area contributed by atoms with E-state index in [0.29, 0.717) is 38.8 Å². The normalized spacial score (nSPS) is 12.6. The molecule has 0 spiro atoms. The van der Waals surface area contributed by atoms with Gasteiger partial charge in [-0.15, -0.1) is 11.3 Å². The van der Waals surface area contributed by atoms with Gasteiger partial charge < -0.3 is 34.9 Å². The van der Waals surface area contributed by atoms with Gasteiger partial charge in [0, 0.05) is 25.1 Å². The first-order chi connectivity index (χ1) is 18.7. The number of benzene rings is 1. The highest BCUT2D eigenvalue weighted by Crippen LogP contribution is 2.22. The van der Waals surface area contributed by atoms with Crippen molar-refractivity contribution in [2.45, 2.75) is 70.7 Å². The summed E-state index contributed by atoms with van der Waals surface area (Å²) >= 11 is 1.54. The summed E-state index contributed by atoms with van der Waals surface area (Å²) in [4.78, 5) is 37.9. The number of thiophene rings is 1. The molecule has 0 aliphatic carbocycles. The van der Waals surface area contributed by atoms with Gasteiger partial charge in [-0.3, -0.25) is 0 Å². The molecule has 0 saturated carbocycles. The number of unbranched alkanes of at least 4 members (excludes halogenated alkanes) is 1. The van der Waals surface area contributed by atoms with Crippen LogP contribution in [0.2, 0.25) is 0 Å². The number of methoxy groups -OCH3 is 1. The van der Waals surface area contributed by atoms with E-state index in [1.165, 1.54) is 0 Å². The van der Waals surface area contributed by atoms with Crippen LogP contribution >= 0.6 is 11.3 Å². The second-order valence-electron chi connectivity index (χ2n) is 9.91. The largest absolute Gasteiger partial charge is 0.450 e. The van der Waals surface area contributed by atoms with E-state index in [-0.39, 0.29) is 19.3 Å². The van der Waals surface area contributed by atoms with Crippen molar-refractivity contribution in [3.05, 3.63) is 58.3 Å². The Morgan fingerprint density at radius 3 is 2.31 bits per heavy atom. The van der Waals surface area contributed by atoms with Crippen LogP contribution in [-0.2, 0) is 25.5 Å². The number of carbonyl (C=O) groups is 3. The number of amides is 3. The molecule has 11 heteroatoms. The van der Waals surface area contributed by atoms with E-state index < -0.39 is 29.9 Å². The van der Waals surface area contributed by atoms with E-state index in [1.807, 2.05) is 47.8 Å². The molecule has 0 aliphatic rings. The lowest BCUT2D eigenvalue weighted by Gasteiger charge is -2.24. The Morgan fingerprint density at radius 1 is 0.872 bits per heavy atom. The molecule has 0 aliphatic heterocycles. The number of alkyl carbamates (subject to hydrolysis) is 3. The summed E-state index contributed by atoms with van der Waals surface area (Å²) in [6.45, 7) is 6.38. The summed E-state index contributed by atoms with van der Waals surface area (Å²) in [5, 5.41) is 10.3. The van der Waals surface area contributed by atoms with Gasteiger partial charge in [0.25, 0.3) is 0 Å². The molecule has 0 bridgehead atoms. The van der Waals surface area contributed by atoms with Gasteiger partial charge in [0.1, 0.15) is 12.2 Å². The molecule has 0 saturated heterocycles. The summed E-state index contributed by atoms with van der Waals surface area (Å²) in [5.74, 6) is 0. The molecule has 3 amide bonds. The minimum atomic E-state index is -0.664. The Bertz CT molecular complexity index is 981. The standard InChI is InChI=1S/C28H41N3O7S/c1-28(2,3)38-27(34)30-22(13-8-9-16-36-25(32)29-19-21-11-6-5-7-12-21)20-37-26(33)31-23(15-17-35-4)24-14-10-18-39-24/h5-7,10-12,14,18,22-23H,8-9,13,15-17,19-20H2,1-4H3,(H,29,32)(H,30,34)(H,31,33)/t22-,23-/m0/s1. The molecule has 1 aromatic carbocycles. The molecule has 0 radical (unpaired) electrons. The van der Waals surface area contributed by atoms with Crippen molar-refractivity contribution >= 4 is 29.6 Å². The van der Waals surface area contributed by atoms with E-state index in [1.54, 1.807) is 39.2 Å². The number of hydrogen-bond acceptors (Lipinski definition) is 8. The second kappa shape index (κ2) is 17.3. The maximum absolute atomic E-state index is 12.6. The van der Waals surface area contributed by atoms with Crippen LogP contribution in [0.5, 0.6) is 0 Å². The van der Waals surface area contributed by atoms with E-state index in [4.69, 9.17) is 18.9 Å². The van der Waals surface area contributed by atoms with Gasteiger partial charge in [-0.05, 0) is 63.5 Å². The van der Waals surface area contributed by atoms with Crippen molar-refractivity contribution in [1.82, 2.24) is 16.0 Å². The highest BCUT2D eigenvalue weighted by Gasteiger charge is 2.22. The molecule has 2 aromatic rings. The van der Waals surface area contributed by atoms with Crippen molar-refractivity contribution in [2.75, 3.05) is 26.9 Å². The first-order valence-corrected chi connectivity index (χ1v) is 13.9. The van der Waals surface area contributed by atoms with Crippen molar-refractivity contribution < 1.29 is 33.3 Å². The molecule has 2 atom stereocenters. The van der Waals surface area contributed by atoms with Crippen LogP contribution in [0.4, 0.5) is 14.4 Å². The van der Waals surface area contributed by atoms with Crippen LogP contribution in [0, 0.1) is 0 Å². The Labute approximate surface area is 234 Å². The number of hydrogen-bond donors (Lipinski definition) is 3. The summed E-state index contributed by atoms with van der Waals surface area (Å²) in [7, 11) is 1.61. The molecule has 216 valence electrons. The Balaban J connectivity index is 1.79. The first kappa shape index (κ1) is 31.9. The Kier molecular flexibility index (Phi) is 14.2. The van der Waals surface area contributed by atoms with E-state index in [0.717, 1.165) is 10.4 Å². The molecule has 0 unspecified atom stereocenters. The lowest BCUT2D eigenvalue weighted by molar-refractivity contribution is 0.0463. The number of ether oxygens (including phenoxy) is 4. The lowest BCUT2D eigenvalue weighted by Crippen LogP contribution is -2.43. The second-order valence-corrected chi connectivity index (χ2v) is 10.9. The summed E-state index contributed by atoms with van der Waals surface area (Å²) < 4.78 is 21.2. The average Bonchev–Trinajstić information content (AvgIpc) is 3.42. The third-order valence-electron chi connectivity index (χ3n) is 5.39. The maximum atomic E-state index is 12.6. The van der Waals surface area contributed by atoms with Crippen LogP contribution in [0.3, 0.4) is 0 Å². The number of nitrogens with one attached hydrogen (secondary N) is 3. The van der Waals surface area contributed by atoms with Crippen molar-refractivity contribution in [1.29, 1.82) is 0 Å². The molecule has 1 aromatic heterocycles. The average molecular weight is 564 g/mol. The predicted octanol–water partition coefficient (Wildman–Crippen LogP) is 5.54. The highest BCUT2D eigenvalue weighted by molar-refractivity contribution is 7.10. The minimum absolute atomic E-state index is 0.0368. The van der Waals surface area contributed by atoms with Crippen molar-refractivity contribution in [2.24, 2.45) is 0 Å². The fourth-order valence-electron chi connectivity index (χ4n) is 3.52. The molecular weight excluding hydrogens is 522 g/mol. The SMILES string of the molecule is COCC[C@H](NC(=O)OC[C@H](CCCCOC(=O)NCc1ccccc1)NC(=O)OC(C)(C)C)c1cccs1. The fourth-order valence-corrected chi connectivity index (χ4v) is 4.33. The van der Waals surface area contributed by atoms with Gasteiger partial charge in [-0.2, -0.15) is 0 Å². The minimum Gasteiger partial charge on any atom is -0.450 e. The summed E-state index contributed by atoms with van der Waals surface area (Å²) in [6.07, 6.45) is 0.641. The molecule has 0 fully saturated rings. The van der Waals surface area contributed by atoms with Gasteiger partial charge >= 0.3 is 18.3 Å². The van der Waals surface area contributed by atoms with Gasteiger partial charge in [-0.1, -0.05) is 36.4 Å². The van der Waals surface area contributed by atoms with Crippen molar-refractivity contribution in [3.63, 3.8) is 0 Å². The fraction of sp³-hybridized carbons (Fsp3) is 0.536. The Morgan fingerprint density at radius 2 is 1.64 bits per heavy atom. The Hall–Kier alpha value is -3.31. The zero-order valence-corrected chi connectivity index (χ0v) is 24.0. The van der Waals surface area contributed by atoms with E-state index in [9.17, 15) is 14.4 Å². The number of carbonyl (C=O) groups excluding carboxylic acids is 3. The van der Waals surface area contributed by atoms with Crippen LogP contribution in [0.25, 0.3) is 0 Å². The molecule has 10 nitrogen and oxygen atoms in total. The van der Waals surface area contributed by atoms with Gasteiger partial charge in [0.2, 0.25) is 0 Å². The van der Waals surface area contributed by atoms with Gasteiger partial charge in [-0.25, -0.2) is 14.4 Å². The molecule has 3 N–H and O–H groups in total. The highest BCUT2D eigenvalue weighted by atomic mass is 32.1. The van der Waals surface area contributed by atoms with Gasteiger partial charge in [0.15, 0.2) is 0 Å². The topological polar surface area (TPSA) is 124 Å². The zero-order chi connectivity index (χ0) is 28.5. The first-order valence-electron chi connectivity index (χ1n) is 13.1. The smallest absolute Gasteiger partial charge is 0.407 e. The van der Waals surface area contributed by atoms with E-state index in [2.05, 4.69) is 16.0 Å². The lowest BCUT2D eigenvalue weighted by atomic mass is 10.1.